The van der Waals surface area contributed by atoms with Crippen LogP contribution in [0.4, 0.5) is 28.9 Å². The van der Waals surface area contributed by atoms with Crippen LogP contribution < -0.4 is 10.1 Å². The molecule has 0 aliphatic carbocycles. The molecule has 0 aliphatic rings. The van der Waals surface area contributed by atoms with Crippen LogP contribution in [0.1, 0.15) is 21.5 Å². The molecule has 0 unspecified atom stereocenters. The van der Waals surface area contributed by atoms with Gasteiger partial charge >= 0.3 is 6.18 Å². The number of anilines is 1. The van der Waals surface area contributed by atoms with Crippen LogP contribution >= 0.6 is 0 Å². The normalized spacial score (nSPS) is 11.0. The first-order valence-electron chi connectivity index (χ1n) is 9.23. The van der Waals surface area contributed by atoms with Crippen LogP contribution in [0, 0.1) is 15.9 Å². The molecule has 0 heterocycles. The number of nitro benzene ring substituents is 1. The molecule has 0 radical (unpaired) electrons. The summed E-state index contributed by atoms with van der Waals surface area (Å²) < 4.78 is 57.8. The molecule has 11 heteroatoms. The van der Waals surface area contributed by atoms with Gasteiger partial charge in [0.25, 0.3) is 11.6 Å². The summed E-state index contributed by atoms with van der Waals surface area (Å²) in [6, 6.07) is 12.5. The fourth-order valence-corrected chi connectivity index (χ4v) is 2.79. The number of hydrogen-bond acceptors (Lipinski definition) is 5. The van der Waals surface area contributed by atoms with E-state index in [4.69, 9.17) is 4.74 Å². The number of carbonyl (C=O) groups excluding carboxylic acids is 2. The highest BCUT2D eigenvalue weighted by Crippen LogP contribution is 2.37. The van der Waals surface area contributed by atoms with E-state index in [0.29, 0.717) is 6.07 Å². The van der Waals surface area contributed by atoms with E-state index < -0.39 is 46.4 Å². The van der Waals surface area contributed by atoms with Crippen LogP contribution in [0.3, 0.4) is 0 Å². The first-order valence-corrected chi connectivity index (χ1v) is 9.23. The number of non-ortho nitro benzene ring substituents is 1. The molecule has 3 aromatic rings. The molecule has 0 aromatic heterocycles. The van der Waals surface area contributed by atoms with Crippen LogP contribution in [0.15, 0.2) is 66.7 Å². The lowest BCUT2D eigenvalue weighted by atomic mass is 10.0. The van der Waals surface area contributed by atoms with Gasteiger partial charge in [0.15, 0.2) is 12.4 Å². The summed E-state index contributed by atoms with van der Waals surface area (Å²) in [6.07, 6.45) is -4.93. The van der Waals surface area contributed by atoms with E-state index in [1.54, 1.807) is 0 Å². The highest BCUT2D eigenvalue weighted by Gasteiger charge is 2.35. The molecule has 33 heavy (non-hydrogen) atoms. The number of carbonyl (C=O) groups is 2. The number of nitrogens with one attached hydrogen (secondary N) is 1. The Kier molecular flexibility index (Phi) is 6.71. The lowest BCUT2D eigenvalue weighted by Crippen LogP contribution is -2.22. The van der Waals surface area contributed by atoms with Gasteiger partial charge in [-0.15, -0.1) is 0 Å². The van der Waals surface area contributed by atoms with Crippen molar-refractivity contribution < 1.29 is 36.8 Å². The van der Waals surface area contributed by atoms with E-state index in [0.717, 1.165) is 24.3 Å². The van der Waals surface area contributed by atoms with Crippen molar-refractivity contribution in [2.24, 2.45) is 0 Å². The summed E-state index contributed by atoms with van der Waals surface area (Å²) in [4.78, 5) is 34.2. The van der Waals surface area contributed by atoms with E-state index in [9.17, 15) is 37.3 Å². The molecule has 0 aliphatic heterocycles. The van der Waals surface area contributed by atoms with Gasteiger partial charge in [0, 0.05) is 23.3 Å². The molecular weight excluding hydrogens is 448 g/mol. The van der Waals surface area contributed by atoms with Crippen LogP contribution in [-0.4, -0.2) is 23.2 Å². The topological polar surface area (TPSA) is 98.5 Å². The monoisotopic (exact) mass is 462 g/mol. The van der Waals surface area contributed by atoms with E-state index >= 15 is 0 Å². The third-order valence-electron chi connectivity index (χ3n) is 4.39. The molecule has 0 saturated heterocycles. The zero-order chi connectivity index (χ0) is 24.2. The minimum absolute atomic E-state index is 0.167. The fraction of sp³-hybridized carbons (Fsp3) is 0.0909. The highest BCUT2D eigenvalue weighted by atomic mass is 19.4. The molecule has 7 nitrogen and oxygen atoms in total. The largest absolute Gasteiger partial charge is 0.484 e. The lowest BCUT2D eigenvalue weighted by molar-refractivity contribution is -0.385. The van der Waals surface area contributed by atoms with E-state index in [-0.39, 0.29) is 22.7 Å². The van der Waals surface area contributed by atoms with Crippen LogP contribution in [-0.2, 0) is 11.0 Å². The summed E-state index contributed by atoms with van der Waals surface area (Å²) in [7, 11) is 0. The number of alkyl halides is 3. The predicted octanol–water partition coefficient (Wildman–Crippen LogP) is 5.00. The number of halogens is 4. The minimum Gasteiger partial charge on any atom is -0.484 e. The van der Waals surface area contributed by atoms with E-state index in [1.165, 1.54) is 36.4 Å². The van der Waals surface area contributed by atoms with Crippen molar-refractivity contribution in [2.75, 3.05) is 11.9 Å². The van der Waals surface area contributed by atoms with Gasteiger partial charge in [0.05, 0.1) is 16.2 Å². The van der Waals surface area contributed by atoms with Crippen molar-refractivity contribution in [3.05, 3.63) is 99.4 Å². The number of nitro groups is 1. The van der Waals surface area contributed by atoms with Gasteiger partial charge in [0.2, 0.25) is 0 Å². The van der Waals surface area contributed by atoms with Crippen molar-refractivity contribution in [3.8, 4) is 5.75 Å². The quantitative estimate of drug-likeness (QED) is 0.231. The van der Waals surface area contributed by atoms with Crippen LogP contribution in [0.5, 0.6) is 5.75 Å². The Hall–Kier alpha value is -4.28. The van der Waals surface area contributed by atoms with Gasteiger partial charge in [-0.25, -0.2) is 4.39 Å². The Morgan fingerprint density at radius 2 is 1.52 bits per heavy atom. The molecule has 3 rings (SSSR count). The van der Waals surface area contributed by atoms with Gasteiger partial charge in [-0.2, -0.15) is 13.2 Å². The third-order valence-corrected chi connectivity index (χ3v) is 4.39. The summed E-state index contributed by atoms with van der Waals surface area (Å²) in [5, 5.41) is 12.7. The molecule has 1 amide bonds. The molecule has 0 bridgehead atoms. The minimum atomic E-state index is -4.93. The first-order chi connectivity index (χ1) is 15.5. The van der Waals surface area contributed by atoms with Crippen molar-refractivity contribution in [1.29, 1.82) is 0 Å². The lowest BCUT2D eigenvalue weighted by Gasteiger charge is -2.14. The van der Waals surface area contributed by atoms with Crippen molar-refractivity contribution in [3.63, 3.8) is 0 Å². The second kappa shape index (κ2) is 9.47. The number of amides is 1. The zero-order valence-electron chi connectivity index (χ0n) is 16.6. The average Bonchev–Trinajstić information content (AvgIpc) is 2.77. The fourth-order valence-electron chi connectivity index (χ4n) is 2.79. The van der Waals surface area contributed by atoms with E-state index in [1.807, 2.05) is 5.32 Å². The Morgan fingerprint density at radius 1 is 0.939 bits per heavy atom. The van der Waals surface area contributed by atoms with Gasteiger partial charge in [-0.05, 0) is 54.6 Å². The number of rotatable bonds is 7. The van der Waals surface area contributed by atoms with E-state index in [2.05, 4.69) is 0 Å². The van der Waals surface area contributed by atoms with Crippen LogP contribution in [0.25, 0.3) is 0 Å². The molecule has 0 saturated carbocycles. The second-order valence-electron chi connectivity index (χ2n) is 6.68. The van der Waals surface area contributed by atoms with Gasteiger partial charge in [-0.3, -0.25) is 19.7 Å². The standard InChI is InChI=1S/C22H14F4N2O5/c23-15-5-1-13(2-6-15)21(30)14-3-8-17(9-4-14)33-12-20(29)27-19-10-7-16(28(31)32)11-18(19)22(24,25)26/h1-11H,12H2,(H,27,29). The molecule has 1 N–H and O–H groups in total. The molecule has 0 atom stereocenters. The summed E-state index contributed by atoms with van der Waals surface area (Å²) in [5.74, 6) is -1.61. The number of hydrogen-bond donors (Lipinski definition) is 1. The van der Waals surface area contributed by atoms with Crippen molar-refractivity contribution in [1.82, 2.24) is 0 Å². The maximum absolute atomic E-state index is 13.2. The maximum atomic E-state index is 13.2. The van der Waals surface area contributed by atoms with Crippen LogP contribution in [0.2, 0.25) is 0 Å². The Bertz CT molecular complexity index is 1190. The zero-order valence-corrected chi connectivity index (χ0v) is 16.6. The Labute approximate surface area is 183 Å². The predicted molar refractivity (Wildman–Crippen MR) is 108 cm³/mol. The number of benzene rings is 3. The number of nitrogens with zero attached hydrogens (tertiary/aromatic N) is 1. The first kappa shape index (κ1) is 23.4. The highest BCUT2D eigenvalue weighted by molar-refractivity contribution is 6.09. The number of ketones is 1. The van der Waals surface area contributed by atoms with Gasteiger partial charge in [0.1, 0.15) is 11.6 Å². The molecule has 0 fully saturated rings. The van der Waals surface area contributed by atoms with Gasteiger partial charge < -0.3 is 10.1 Å². The summed E-state index contributed by atoms with van der Waals surface area (Å²) in [5.41, 5.74) is -2.24. The SMILES string of the molecule is O=C(COc1ccc(C(=O)c2ccc(F)cc2)cc1)Nc1ccc([N+](=O)[O-])cc1C(F)(F)F. The van der Waals surface area contributed by atoms with Crippen molar-refractivity contribution in [2.45, 2.75) is 6.18 Å². The Balaban J connectivity index is 1.64. The summed E-state index contributed by atoms with van der Waals surface area (Å²) in [6.45, 7) is -0.653. The molecule has 3 aromatic carbocycles. The summed E-state index contributed by atoms with van der Waals surface area (Å²) >= 11 is 0. The second-order valence-corrected chi connectivity index (χ2v) is 6.68. The smallest absolute Gasteiger partial charge is 0.418 e. The Morgan fingerprint density at radius 3 is 2.06 bits per heavy atom. The maximum Gasteiger partial charge on any atom is 0.418 e. The molecule has 170 valence electrons. The average molecular weight is 462 g/mol. The van der Waals surface area contributed by atoms with Gasteiger partial charge in [-0.1, -0.05) is 0 Å². The van der Waals surface area contributed by atoms with Crippen molar-refractivity contribution >= 4 is 23.1 Å². The number of ether oxygens (including phenoxy) is 1. The third kappa shape index (κ3) is 5.91. The molecule has 0 spiro atoms. The molecular formula is C22H14F4N2O5.